The van der Waals surface area contributed by atoms with Gasteiger partial charge in [0.15, 0.2) is 0 Å². The number of aliphatic hydroxyl groups excluding tert-OH is 2. The molecule has 1 aliphatic heterocycles. The van der Waals surface area contributed by atoms with E-state index in [0.29, 0.717) is 36.5 Å². The first kappa shape index (κ1) is 29.3. The molecule has 0 fully saturated rings. The maximum atomic E-state index is 13.4. The van der Waals surface area contributed by atoms with E-state index in [9.17, 15) is 29.9 Å². The fourth-order valence-electron chi connectivity index (χ4n) is 4.62. The number of benzene rings is 2. The van der Waals surface area contributed by atoms with Crippen LogP contribution in [0.25, 0.3) is 0 Å². The highest BCUT2D eigenvalue weighted by atomic mass is 16.6. The van der Waals surface area contributed by atoms with Crippen molar-refractivity contribution in [3.05, 3.63) is 92.3 Å². The molecular formula is C28H33N3O8. The summed E-state index contributed by atoms with van der Waals surface area (Å²) in [6.45, 7) is 4.14. The van der Waals surface area contributed by atoms with Crippen LogP contribution in [0.4, 0.5) is 11.4 Å². The monoisotopic (exact) mass is 539 g/mol. The lowest BCUT2D eigenvalue weighted by Gasteiger charge is -2.30. The summed E-state index contributed by atoms with van der Waals surface area (Å²) in [4.78, 5) is 38.9. The van der Waals surface area contributed by atoms with Gasteiger partial charge in [0.25, 0.3) is 5.69 Å². The minimum atomic E-state index is -0.922. The molecule has 3 N–H and O–H groups in total. The molecule has 2 aromatic rings. The van der Waals surface area contributed by atoms with Gasteiger partial charge in [0, 0.05) is 48.7 Å². The average molecular weight is 540 g/mol. The van der Waals surface area contributed by atoms with Crippen LogP contribution in [0.1, 0.15) is 30.9 Å². The highest BCUT2D eigenvalue weighted by molar-refractivity contribution is 5.99. The number of carbonyl (C=O) groups is 2. The second kappa shape index (κ2) is 13.5. The lowest BCUT2D eigenvalue weighted by atomic mass is 9.80. The van der Waals surface area contributed by atoms with Crippen molar-refractivity contribution >= 4 is 23.3 Å². The standard InChI is InChI=1S/C28H33N3O8/c1-18-24(27(34)38-3)26(21-5-4-6-23(17-21)31(36)37)25(19(2)29-18)28(35)39-16-11-20-7-9-22(10-8-20)30(12-14-32)13-15-33/h4-10,17,26,29,32-33H,11-16H2,1-3H3. The van der Waals surface area contributed by atoms with Crippen molar-refractivity contribution in [3.63, 3.8) is 0 Å². The van der Waals surface area contributed by atoms with Gasteiger partial charge in [0.1, 0.15) is 0 Å². The van der Waals surface area contributed by atoms with E-state index in [1.54, 1.807) is 19.9 Å². The van der Waals surface area contributed by atoms with Gasteiger partial charge in [0.05, 0.1) is 48.9 Å². The first-order valence-electron chi connectivity index (χ1n) is 12.5. The largest absolute Gasteiger partial charge is 0.466 e. The number of esters is 2. The molecule has 3 rings (SSSR count). The molecule has 11 heteroatoms. The van der Waals surface area contributed by atoms with Gasteiger partial charge in [-0.1, -0.05) is 24.3 Å². The number of hydrogen-bond donors (Lipinski definition) is 3. The van der Waals surface area contributed by atoms with Gasteiger partial charge in [-0.05, 0) is 37.1 Å². The zero-order valence-electron chi connectivity index (χ0n) is 22.2. The lowest BCUT2D eigenvalue weighted by Crippen LogP contribution is -2.32. The van der Waals surface area contributed by atoms with Gasteiger partial charge in [-0.2, -0.15) is 0 Å². The number of hydrogen-bond acceptors (Lipinski definition) is 10. The summed E-state index contributed by atoms with van der Waals surface area (Å²) in [6.07, 6.45) is 0.423. The van der Waals surface area contributed by atoms with Gasteiger partial charge in [-0.3, -0.25) is 10.1 Å². The molecule has 1 atom stereocenters. The molecule has 0 saturated carbocycles. The third kappa shape index (κ3) is 7.01. The number of dihydropyridines is 1. The normalized spacial score (nSPS) is 15.1. The van der Waals surface area contributed by atoms with Crippen LogP contribution >= 0.6 is 0 Å². The van der Waals surface area contributed by atoms with Crippen LogP contribution in [-0.2, 0) is 25.5 Å². The number of nitro groups is 1. The minimum Gasteiger partial charge on any atom is -0.466 e. The topological polar surface area (TPSA) is 151 Å². The molecule has 2 aromatic carbocycles. The number of aliphatic hydroxyl groups is 2. The SMILES string of the molecule is COC(=O)C1=C(C)NC(C)=C(C(=O)OCCc2ccc(N(CCO)CCO)cc2)C1c1cccc([N+](=O)[O-])c1. The maximum absolute atomic E-state index is 13.4. The van der Waals surface area contributed by atoms with Gasteiger partial charge in [-0.25, -0.2) is 9.59 Å². The summed E-state index contributed by atoms with van der Waals surface area (Å²) in [5, 5.41) is 32.9. The average Bonchev–Trinajstić information content (AvgIpc) is 2.92. The zero-order chi connectivity index (χ0) is 28.5. The van der Waals surface area contributed by atoms with E-state index in [0.717, 1.165) is 11.3 Å². The van der Waals surface area contributed by atoms with Crippen molar-refractivity contribution in [2.75, 3.05) is 44.9 Å². The maximum Gasteiger partial charge on any atom is 0.336 e. The first-order chi connectivity index (χ1) is 18.7. The van der Waals surface area contributed by atoms with E-state index < -0.39 is 22.8 Å². The van der Waals surface area contributed by atoms with E-state index in [2.05, 4.69) is 5.32 Å². The lowest BCUT2D eigenvalue weighted by molar-refractivity contribution is -0.384. The fourth-order valence-corrected chi connectivity index (χ4v) is 4.62. The minimum absolute atomic E-state index is 0.0362. The van der Waals surface area contributed by atoms with Gasteiger partial charge in [0.2, 0.25) is 0 Å². The quantitative estimate of drug-likeness (QED) is 0.208. The van der Waals surface area contributed by atoms with E-state index in [1.807, 2.05) is 29.2 Å². The number of anilines is 1. The van der Waals surface area contributed by atoms with Crippen molar-refractivity contribution in [3.8, 4) is 0 Å². The third-order valence-corrected chi connectivity index (χ3v) is 6.47. The van der Waals surface area contributed by atoms with Crippen LogP contribution in [0.2, 0.25) is 0 Å². The molecule has 1 aliphatic rings. The van der Waals surface area contributed by atoms with Crippen LogP contribution < -0.4 is 10.2 Å². The molecule has 11 nitrogen and oxygen atoms in total. The Morgan fingerprint density at radius 1 is 1.00 bits per heavy atom. The summed E-state index contributed by atoms with van der Waals surface area (Å²) in [7, 11) is 1.23. The number of rotatable bonds is 12. The predicted molar refractivity (Wildman–Crippen MR) is 144 cm³/mol. The third-order valence-electron chi connectivity index (χ3n) is 6.47. The molecule has 208 valence electrons. The Morgan fingerprint density at radius 3 is 2.18 bits per heavy atom. The Hall–Kier alpha value is -4.22. The zero-order valence-corrected chi connectivity index (χ0v) is 22.2. The predicted octanol–water partition coefficient (Wildman–Crippen LogP) is 2.58. The smallest absolute Gasteiger partial charge is 0.336 e. The summed E-state index contributed by atoms with van der Waals surface area (Å²) in [5.74, 6) is -2.24. The summed E-state index contributed by atoms with van der Waals surface area (Å²) < 4.78 is 10.6. The Balaban J connectivity index is 1.81. The number of carbonyl (C=O) groups excluding carboxylic acids is 2. The first-order valence-corrected chi connectivity index (χ1v) is 12.5. The summed E-state index contributed by atoms with van der Waals surface area (Å²) in [6, 6.07) is 13.3. The molecule has 1 heterocycles. The van der Waals surface area contributed by atoms with Crippen molar-refractivity contribution < 1.29 is 34.2 Å². The van der Waals surface area contributed by atoms with E-state index >= 15 is 0 Å². The second-order valence-electron chi connectivity index (χ2n) is 8.97. The number of nitrogens with one attached hydrogen (secondary N) is 1. The van der Waals surface area contributed by atoms with Crippen molar-refractivity contribution in [1.29, 1.82) is 0 Å². The second-order valence-corrected chi connectivity index (χ2v) is 8.97. The van der Waals surface area contributed by atoms with E-state index in [1.165, 1.54) is 25.3 Å². The highest BCUT2D eigenvalue weighted by Gasteiger charge is 2.38. The molecule has 0 bridgehead atoms. The molecule has 0 amide bonds. The Bertz CT molecular complexity index is 1260. The van der Waals surface area contributed by atoms with Crippen LogP contribution in [0.3, 0.4) is 0 Å². The molecular weight excluding hydrogens is 506 g/mol. The molecule has 39 heavy (non-hydrogen) atoms. The summed E-state index contributed by atoms with van der Waals surface area (Å²) >= 11 is 0. The van der Waals surface area contributed by atoms with Crippen LogP contribution in [0.15, 0.2) is 71.1 Å². The highest BCUT2D eigenvalue weighted by Crippen LogP contribution is 2.40. The molecule has 0 spiro atoms. The van der Waals surface area contributed by atoms with Gasteiger partial charge in [-0.15, -0.1) is 0 Å². The molecule has 0 radical (unpaired) electrons. The molecule has 0 aliphatic carbocycles. The number of nitrogens with zero attached hydrogens (tertiary/aromatic N) is 2. The van der Waals surface area contributed by atoms with Crippen molar-refractivity contribution in [2.45, 2.75) is 26.2 Å². The Morgan fingerprint density at radius 2 is 1.62 bits per heavy atom. The molecule has 1 unspecified atom stereocenters. The number of allylic oxidation sites excluding steroid dienone is 2. The Labute approximate surface area is 226 Å². The molecule has 0 saturated heterocycles. The van der Waals surface area contributed by atoms with Gasteiger partial charge >= 0.3 is 11.9 Å². The number of non-ortho nitro benzene ring substituents is 1. The fraction of sp³-hybridized carbons (Fsp3) is 0.357. The number of ether oxygens (including phenoxy) is 2. The van der Waals surface area contributed by atoms with Crippen LogP contribution in [0, 0.1) is 10.1 Å². The summed E-state index contributed by atoms with van der Waals surface area (Å²) in [5.41, 5.74) is 3.27. The van der Waals surface area contributed by atoms with Gasteiger partial charge < -0.3 is 29.9 Å². The van der Waals surface area contributed by atoms with Crippen molar-refractivity contribution in [2.24, 2.45) is 0 Å². The van der Waals surface area contributed by atoms with Crippen molar-refractivity contribution in [1.82, 2.24) is 5.32 Å². The number of nitro benzene ring substituents is 1. The Kier molecular flexibility index (Phi) is 10.2. The van der Waals surface area contributed by atoms with Crippen LogP contribution in [-0.4, -0.2) is 67.1 Å². The molecule has 0 aromatic heterocycles. The number of methoxy groups -OCH3 is 1. The van der Waals surface area contributed by atoms with E-state index in [-0.39, 0.29) is 36.7 Å². The van der Waals surface area contributed by atoms with E-state index in [4.69, 9.17) is 9.47 Å². The van der Waals surface area contributed by atoms with Crippen LogP contribution in [0.5, 0.6) is 0 Å².